The van der Waals surface area contributed by atoms with E-state index in [1.54, 1.807) is 12.1 Å². The van der Waals surface area contributed by atoms with Gasteiger partial charge in [-0.05, 0) is 50.2 Å². The summed E-state index contributed by atoms with van der Waals surface area (Å²) in [6, 6.07) is 15.2. The van der Waals surface area contributed by atoms with E-state index in [9.17, 15) is 4.79 Å². The fourth-order valence-corrected chi connectivity index (χ4v) is 2.02. The van der Waals surface area contributed by atoms with Crippen LogP contribution in [0.2, 0.25) is 0 Å². The molecular weight excluding hydrogens is 238 g/mol. The number of carboxylic acid groups (broad SMARTS) is 1. The molecule has 0 heterocycles. The molecule has 0 aliphatic heterocycles. The summed E-state index contributed by atoms with van der Waals surface area (Å²) in [5.74, 6) is -0.898. The van der Waals surface area contributed by atoms with Crippen LogP contribution in [0.3, 0.4) is 0 Å². The number of hydrogen-bond acceptors (Lipinski definition) is 2. The Balaban J connectivity index is 2.31. The van der Waals surface area contributed by atoms with Gasteiger partial charge in [0, 0.05) is 17.9 Å². The molecule has 2 aromatic rings. The van der Waals surface area contributed by atoms with E-state index in [2.05, 4.69) is 43.0 Å². The third kappa shape index (κ3) is 2.94. The molecule has 0 radical (unpaired) electrons. The van der Waals surface area contributed by atoms with Crippen LogP contribution in [0, 0.1) is 6.92 Å². The maximum absolute atomic E-state index is 10.8. The van der Waals surface area contributed by atoms with Crippen molar-refractivity contribution in [1.29, 1.82) is 0 Å². The van der Waals surface area contributed by atoms with Crippen molar-refractivity contribution in [3.05, 3.63) is 59.7 Å². The molecule has 0 fully saturated rings. The van der Waals surface area contributed by atoms with Crippen LogP contribution in [0.5, 0.6) is 0 Å². The molecule has 3 heteroatoms. The lowest BCUT2D eigenvalue weighted by molar-refractivity contribution is 0.0697. The molecule has 0 aliphatic rings. The van der Waals surface area contributed by atoms with Gasteiger partial charge in [-0.3, -0.25) is 0 Å². The lowest BCUT2D eigenvalue weighted by Gasteiger charge is -2.23. The Morgan fingerprint density at radius 1 is 1.00 bits per heavy atom. The Bertz CT molecular complexity index is 558. The van der Waals surface area contributed by atoms with Crippen LogP contribution in [0.25, 0.3) is 0 Å². The van der Waals surface area contributed by atoms with Crippen molar-refractivity contribution in [1.82, 2.24) is 0 Å². The van der Waals surface area contributed by atoms with Gasteiger partial charge in [-0.15, -0.1) is 0 Å². The Hall–Kier alpha value is -2.29. The highest BCUT2D eigenvalue weighted by molar-refractivity contribution is 5.88. The summed E-state index contributed by atoms with van der Waals surface area (Å²) in [4.78, 5) is 13.0. The van der Waals surface area contributed by atoms with Crippen LogP contribution in [0.15, 0.2) is 48.5 Å². The van der Waals surface area contributed by atoms with E-state index in [1.807, 2.05) is 12.1 Å². The zero-order chi connectivity index (χ0) is 13.8. The average Bonchev–Trinajstić information content (AvgIpc) is 2.42. The van der Waals surface area contributed by atoms with Gasteiger partial charge in [-0.25, -0.2) is 4.79 Å². The highest BCUT2D eigenvalue weighted by Crippen LogP contribution is 2.25. The quantitative estimate of drug-likeness (QED) is 0.902. The summed E-state index contributed by atoms with van der Waals surface area (Å²) in [5, 5.41) is 8.91. The second-order valence-electron chi connectivity index (χ2n) is 4.43. The van der Waals surface area contributed by atoms with E-state index in [-0.39, 0.29) is 0 Å². The summed E-state index contributed by atoms with van der Waals surface area (Å²) in [7, 11) is 0. The lowest BCUT2D eigenvalue weighted by atomic mass is 10.1. The number of aryl methyl sites for hydroxylation is 1. The topological polar surface area (TPSA) is 40.5 Å². The van der Waals surface area contributed by atoms with Gasteiger partial charge in [-0.1, -0.05) is 17.7 Å². The standard InChI is InChI=1S/C16H17NO2/c1-3-17(14-8-4-12(2)5-9-14)15-10-6-13(7-11-15)16(18)19/h4-11H,3H2,1-2H3,(H,18,19). The van der Waals surface area contributed by atoms with Gasteiger partial charge in [0.05, 0.1) is 5.56 Å². The van der Waals surface area contributed by atoms with E-state index >= 15 is 0 Å². The third-order valence-electron chi connectivity index (χ3n) is 3.09. The number of anilines is 2. The zero-order valence-corrected chi connectivity index (χ0v) is 11.1. The molecule has 0 saturated carbocycles. The first-order valence-electron chi connectivity index (χ1n) is 6.29. The van der Waals surface area contributed by atoms with Gasteiger partial charge in [0.25, 0.3) is 0 Å². The van der Waals surface area contributed by atoms with Crippen molar-refractivity contribution in [3.63, 3.8) is 0 Å². The minimum Gasteiger partial charge on any atom is -0.478 e. The first-order valence-corrected chi connectivity index (χ1v) is 6.29. The van der Waals surface area contributed by atoms with Crippen LogP contribution in [-0.4, -0.2) is 17.6 Å². The summed E-state index contributed by atoms with van der Waals surface area (Å²) in [6.45, 7) is 4.96. The number of rotatable bonds is 4. The molecule has 0 unspecified atom stereocenters. The molecule has 1 N–H and O–H groups in total. The number of carboxylic acids is 1. The molecule has 0 aliphatic carbocycles. The number of nitrogens with zero attached hydrogens (tertiary/aromatic N) is 1. The fraction of sp³-hybridized carbons (Fsp3) is 0.188. The monoisotopic (exact) mass is 255 g/mol. The summed E-state index contributed by atoms with van der Waals surface area (Å²) in [6.07, 6.45) is 0. The minimum absolute atomic E-state index is 0.309. The van der Waals surface area contributed by atoms with E-state index in [1.165, 1.54) is 5.56 Å². The molecule has 2 aromatic carbocycles. The number of hydrogen-bond donors (Lipinski definition) is 1. The summed E-state index contributed by atoms with van der Waals surface area (Å²) < 4.78 is 0. The molecule has 0 spiro atoms. The highest BCUT2D eigenvalue weighted by atomic mass is 16.4. The van der Waals surface area contributed by atoms with Gasteiger partial charge >= 0.3 is 5.97 Å². The second-order valence-corrected chi connectivity index (χ2v) is 4.43. The maximum Gasteiger partial charge on any atom is 0.335 e. The first-order chi connectivity index (χ1) is 9.11. The molecule has 0 aromatic heterocycles. The van der Waals surface area contributed by atoms with Crippen molar-refractivity contribution >= 4 is 17.3 Å². The molecule has 19 heavy (non-hydrogen) atoms. The van der Waals surface area contributed by atoms with Crippen LogP contribution >= 0.6 is 0 Å². The van der Waals surface area contributed by atoms with Crippen molar-refractivity contribution in [2.24, 2.45) is 0 Å². The van der Waals surface area contributed by atoms with Crippen LogP contribution < -0.4 is 4.90 Å². The molecule has 0 amide bonds. The number of benzene rings is 2. The average molecular weight is 255 g/mol. The van der Waals surface area contributed by atoms with Gasteiger partial charge in [0.2, 0.25) is 0 Å². The molecule has 3 nitrogen and oxygen atoms in total. The second kappa shape index (κ2) is 5.57. The molecular formula is C16H17NO2. The van der Waals surface area contributed by atoms with Gasteiger partial charge < -0.3 is 10.0 Å². The van der Waals surface area contributed by atoms with Crippen molar-refractivity contribution in [3.8, 4) is 0 Å². The SMILES string of the molecule is CCN(c1ccc(C)cc1)c1ccc(C(=O)O)cc1. The number of aromatic carboxylic acids is 1. The van der Waals surface area contributed by atoms with E-state index in [4.69, 9.17) is 5.11 Å². The van der Waals surface area contributed by atoms with Crippen molar-refractivity contribution in [2.75, 3.05) is 11.4 Å². The molecule has 0 saturated heterocycles. The van der Waals surface area contributed by atoms with Gasteiger partial charge in [0.1, 0.15) is 0 Å². The highest BCUT2D eigenvalue weighted by Gasteiger charge is 2.08. The number of carbonyl (C=O) groups is 1. The van der Waals surface area contributed by atoms with Crippen LogP contribution in [0.1, 0.15) is 22.8 Å². The van der Waals surface area contributed by atoms with Crippen LogP contribution in [-0.2, 0) is 0 Å². The Morgan fingerprint density at radius 3 is 1.89 bits per heavy atom. The van der Waals surface area contributed by atoms with Crippen molar-refractivity contribution < 1.29 is 9.90 Å². The van der Waals surface area contributed by atoms with E-state index < -0.39 is 5.97 Å². The smallest absolute Gasteiger partial charge is 0.335 e. The molecule has 0 atom stereocenters. The molecule has 2 rings (SSSR count). The van der Waals surface area contributed by atoms with E-state index in [0.717, 1.165) is 17.9 Å². The largest absolute Gasteiger partial charge is 0.478 e. The van der Waals surface area contributed by atoms with Gasteiger partial charge in [-0.2, -0.15) is 0 Å². The summed E-state index contributed by atoms with van der Waals surface area (Å²) >= 11 is 0. The van der Waals surface area contributed by atoms with Gasteiger partial charge in [0.15, 0.2) is 0 Å². The van der Waals surface area contributed by atoms with Crippen molar-refractivity contribution in [2.45, 2.75) is 13.8 Å². The van der Waals surface area contributed by atoms with E-state index in [0.29, 0.717) is 5.56 Å². The molecule has 98 valence electrons. The maximum atomic E-state index is 10.8. The lowest BCUT2D eigenvalue weighted by Crippen LogP contribution is -2.16. The Morgan fingerprint density at radius 2 is 1.47 bits per heavy atom. The predicted molar refractivity (Wildman–Crippen MR) is 77.3 cm³/mol. The fourth-order valence-electron chi connectivity index (χ4n) is 2.02. The zero-order valence-electron chi connectivity index (χ0n) is 11.1. The van der Waals surface area contributed by atoms with Crippen LogP contribution in [0.4, 0.5) is 11.4 Å². The summed E-state index contributed by atoms with van der Waals surface area (Å²) in [5.41, 5.74) is 3.64. The third-order valence-corrected chi connectivity index (χ3v) is 3.09. The normalized spacial score (nSPS) is 10.2. The Kier molecular flexibility index (Phi) is 3.85. The molecule has 0 bridgehead atoms. The first kappa shape index (κ1) is 13.1. The minimum atomic E-state index is -0.898. The predicted octanol–water partition coefficient (Wildman–Crippen LogP) is 3.85. The Labute approximate surface area is 113 Å².